The van der Waals surface area contributed by atoms with Crippen molar-refractivity contribution in [3.63, 3.8) is 0 Å². The predicted octanol–water partition coefficient (Wildman–Crippen LogP) is 5.58. The van der Waals surface area contributed by atoms with Crippen molar-refractivity contribution in [2.45, 2.75) is 38.1 Å². The highest BCUT2D eigenvalue weighted by Gasteiger charge is 2.20. The van der Waals surface area contributed by atoms with E-state index >= 15 is 0 Å². The normalized spacial score (nSPS) is 11.2. The van der Waals surface area contributed by atoms with Crippen LogP contribution in [0.4, 0.5) is 5.13 Å². The van der Waals surface area contributed by atoms with Gasteiger partial charge >= 0.3 is 0 Å². The van der Waals surface area contributed by atoms with Crippen LogP contribution in [0.2, 0.25) is 0 Å². The largest absolute Gasteiger partial charge is 0.337 e. The van der Waals surface area contributed by atoms with E-state index in [4.69, 9.17) is 4.98 Å². The van der Waals surface area contributed by atoms with Crippen LogP contribution < -0.4 is 4.90 Å². The molecule has 0 aliphatic carbocycles. The van der Waals surface area contributed by atoms with Gasteiger partial charge in [-0.15, -0.1) is 11.8 Å². The fourth-order valence-corrected chi connectivity index (χ4v) is 5.15. The van der Waals surface area contributed by atoms with Crippen LogP contribution in [0.25, 0.3) is 10.2 Å². The van der Waals surface area contributed by atoms with E-state index in [2.05, 4.69) is 61.3 Å². The summed E-state index contributed by atoms with van der Waals surface area (Å²) in [6.07, 6.45) is 7.37. The molecule has 5 nitrogen and oxygen atoms in total. The third-order valence-electron chi connectivity index (χ3n) is 5.12. The summed E-state index contributed by atoms with van der Waals surface area (Å²) in [5.41, 5.74) is 3.46. The fraction of sp³-hybridized carbons (Fsp3) is 0.292. The number of carbonyl (C=O) groups excluding carboxylic acids is 1. The summed E-state index contributed by atoms with van der Waals surface area (Å²) in [4.78, 5) is 25.1. The first kappa shape index (κ1) is 21.6. The zero-order valence-electron chi connectivity index (χ0n) is 17.8. The molecule has 2 aromatic heterocycles. The fourth-order valence-electron chi connectivity index (χ4n) is 3.31. The summed E-state index contributed by atoms with van der Waals surface area (Å²) in [7, 11) is 0. The van der Waals surface area contributed by atoms with E-state index in [1.807, 2.05) is 22.0 Å². The van der Waals surface area contributed by atoms with Crippen LogP contribution in [-0.4, -0.2) is 32.7 Å². The lowest BCUT2D eigenvalue weighted by Gasteiger charge is -2.20. The second-order valence-electron chi connectivity index (χ2n) is 7.45. The second kappa shape index (κ2) is 10.1. The molecule has 1 amide bonds. The van der Waals surface area contributed by atoms with E-state index in [0.717, 1.165) is 39.6 Å². The van der Waals surface area contributed by atoms with Gasteiger partial charge in [0.05, 0.1) is 22.3 Å². The van der Waals surface area contributed by atoms with Gasteiger partial charge in [-0.2, -0.15) is 0 Å². The molecule has 2 aromatic carbocycles. The molecule has 160 valence electrons. The summed E-state index contributed by atoms with van der Waals surface area (Å²) in [6, 6.07) is 14.7. The molecule has 0 saturated heterocycles. The van der Waals surface area contributed by atoms with Crippen LogP contribution in [0.1, 0.15) is 24.5 Å². The molecule has 0 aliphatic heterocycles. The van der Waals surface area contributed by atoms with E-state index in [1.165, 1.54) is 11.1 Å². The number of hydrogen-bond donors (Lipinski definition) is 0. The van der Waals surface area contributed by atoms with E-state index in [9.17, 15) is 4.79 Å². The molecule has 0 bridgehead atoms. The minimum absolute atomic E-state index is 0.0889. The lowest BCUT2D eigenvalue weighted by atomic mass is 10.2. The number of nitrogens with zero attached hydrogens (tertiary/aromatic N) is 4. The molecule has 0 aliphatic rings. The number of thioether (sulfide) groups is 1. The average Bonchev–Trinajstić information content (AvgIpc) is 3.45. The number of fused-ring (bicyclic) bond motifs is 1. The molecule has 0 N–H and O–H groups in total. The number of carbonyl (C=O) groups is 1. The predicted molar refractivity (Wildman–Crippen MR) is 130 cm³/mol. The number of hydrogen-bond acceptors (Lipinski definition) is 5. The quantitative estimate of drug-likeness (QED) is 0.312. The molecule has 4 aromatic rings. The number of rotatable bonds is 9. The second-order valence-corrected chi connectivity index (χ2v) is 9.51. The Balaban J connectivity index is 1.51. The molecule has 0 spiro atoms. The summed E-state index contributed by atoms with van der Waals surface area (Å²) in [5.74, 6) is 0.482. The van der Waals surface area contributed by atoms with Crippen molar-refractivity contribution < 1.29 is 4.79 Å². The molecular formula is C24H26N4OS2. The molecule has 2 heterocycles. The molecule has 0 atom stereocenters. The summed E-state index contributed by atoms with van der Waals surface area (Å²) in [6.45, 7) is 5.67. The van der Waals surface area contributed by atoms with Gasteiger partial charge in [-0.3, -0.25) is 9.69 Å². The highest BCUT2D eigenvalue weighted by molar-refractivity contribution is 8.00. The Morgan fingerprint density at radius 1 is 1.19 bits per heavy atom. The minimum atomic E-state index is 0.0889. The van der Waals surface area contributed by atoms with Gasteiger partial charge in [-0.05, 0) is 49.6 Å². The van der Waals surface area contributed by atoms with E-state index in [-0.39, 0.29) is 5.91 Å². The highest BCUT2D eigenvalue weighted by Crippen LogP contribution is 2.31. The van der Waals surface area contributed by atoms with Crippen LogP contribution in [0.15, 0.2) is 66.1 Å². The summed E-state index contributed by atoms with van der Waals surface area (Å²) < 4.78 is 3.17. The number of aryl methyl sites for hydroxylation is 3. The van der Waals surface area contributed by atoms with Crippen LogP contribution in [0, 0.1) is 6.92 Å². The molecule has 7 heteroatoms. The van der Waals surface area contributed by atoms with Gasteiger partial charge in [0.15, 0.2) is 5.13 Å². The maximum Gasteiger partial charge on any atom is 0.239 e. The lowest BCUT2D eigenvalue weighted by molar-refractivity contribution is -0.116. The number of benzene rings is 2. The average molecular weight is 451 g/mol. The molecule has 4 rings (SSSR count). The van der Waals surface area contributed by atoms with Crippen molar-refractivity contribution in [1.82, 2.24) is 14.5 Å². The number of anilines is 1. The smallest absolute Gasteiger partial charge is 0.239 e. The molecule has 0 unspecified atom stereocenters. The molecule has 0 saturated carbocycles. The first-order chi connectivity index (χ1) is 15.1. The van der Waals surface area contributed by atoms with Crippen molar-refractivity contribution in [3.05, 3.63) is 72.3 Å². The first-order valence-electron chi connectivity index (χ1n) is 10.5. The molecule has 0 radical (unpaired) electrons. The Hall–Kier alpha value is -2.64. The Labute approximate surface area is 191 Å². The van der Waals surface area contributed by atoms with Gasteiger partial charge in [0.25, 0.3) is 0 Å². The van der Waals surface area contributed by atoms with Gasteiger partial charge in [-0.25, -0.2) is 9.97 Å². The third-order valence-corrected chi connectivity index (χ3v) is 7.16. The highest BCUT2D eigenvalue weighted by atomic mass is 32.2. The Bertz CT molecular complexity index is 1140. The monoisotopic (exact) mass is 450 g/mol. The standard InChI is InChI=1S/C24H26N4OS2/c1-3-19-7-10-21-22(15-19)31-24(26-21)28(13-4-12-27-14-11-25-17-27)23(29)16-30-20-8-5-18(2)6-9-20/h5-11,14-15,17H,3-4,12-13,16H2,1-2H3. The molecule has 31 heavy (non-hydrogen) atoms. The first-order valence-corrected chi connectivity index (χ1v) is 12.3. The molecular weight excluding hydrogens is 424 g/mol. The Kier molecular flexibility index (Phi) is 7.04. The number of thiazole rings is 1. The zero-order chi connectivity index (χ0) is 21.6. The number of aromatic nitrogens is 3. The molecule has 0 fully saturated rings. The van der Waals surface area contributed by atoms with Crippen LogP contribution in [0.3, 0.4) is 0 Å². The van der Waals surface area contributed by atoms with E-state index < -0.39 is 0 Å². The number of amides is 1. The summed E-state index contributed by atoms with van der Waals surface area (Å²) >= 11 is 3.18. The van der Waals surface area contributed by atoms with Gasteiger partial charge in [-0.1, -0.05) is 42.0 Å². The van der Waals surface area contributed by atoms with Crippen molar-refractivity contribution in [2.24, 2.45) is 0 Å². The maximum absolute atomic E-state index is 13.2. The van der Waals surface area contributed by atoms with Gasteiger partial charge in [0.1, 0.15) is 0 Å². The van der Waals surface area contributed by atoms with Crippen molar-refractivity contribution >= 4 is 44.4 Å². The van der Waals surface area contributed by atoms with E-state index in [1.54, 1.807) is 29.3 Å². The van der Waals surface area contributed by atoms with Crippen LogP contribution >= 0.6 is 23.1 Å². The van der Waals surface area contributed by atoms with Crippen LogP contribution in [0.5, 0.6) is 0 Å². The minimum Gasteiger partial charge on any atom is -0.337 e. The summed E-state index contributed by atoms with van der Waals surface area (Å²) in [5, 5.41) is 0.781. The van der Waals surface area contributed by atoms with Crippen LogP contribution in [-0.2, 0) is 17.8 Å². The van der Waals surface area contributed by atoms with Gasteiger partial charge < -0.3 is 4.57 Å². The number of imidazole rings is 1. The van der Waals surface area contributed by atoms with Crippen molar-refractivity contribution in [1.29, 1.82) is 0 Å². The Morgan fingerprint density at radius 3 is 2.77 bits per heavy atom. The maximum atomic E-state index is 13.2. The van der Waals surface area contributed by atoms with Crippen molar-refractivity contribution in [2.75, 3.05) is 17.2 Å². The topological polar surface area (TPSA) is 51.0 Å². The zero-order valence-corrected chi connectivity index (χ0v) is 19.5. The van der Waals surface area contributed by atoms with Gasteiger partial charge in [0, 0.05) is 30.4 Å². The van der Waals surface area contributed by atoms with E-state index in [0.29, 0.717) is 12.3 Å². The SMILES string of the molecule is CCc1ccc2nc(N(CCCn3ccnc3)C(=O)CSc3ccc(C)cc3)sc2c1. The Morgan fingerprint density at radius 2 is 2.03 bits per heavy atom. The van der Waals surface area contributed by atoms with Crippen molar-refractivity contribution in [3.8, 4) is 0 Å². The van der Waals surface area contributed by atoms with Gasteiger partial charge in [0.2, 0.25) is 5.91 Å². The third kappa shape index (κ3) is 5.54. The lowest BCUT2D eigenvalue weighted by Crippen LogP contribution is -2.33.